The first-order valence-corrected chi connectivity index (χ1v) is 8.79. The lowest BCUT2D eigenvalue weighted by Gasteiger charge is -2.15. The first kappa shape index (κ1) is 19.2. The van der Waals surface area contributed by atoms with Gasteiger partial charge in [0.1, 0.15) is 0 Å². The number of benzene rings is 2. The second-order valence-corrected chi connectivity index (χ2v) is 6.36. The van der Waals surface area contributed by atoms with Crippen molar-refractivity contribution in [3.8, 4) is 11.4 Å². The number of amides is 2. The van der Waals surface area contributed by atoms with E-state index in [1.807, 2.05) is 48.5 Å². The van der Waals surface area contributed by atoms with E-state index in [4.69, 9.17) is 4.74 Å². The van der Waals surface area contributed by atoms with E-state index in [0.29, 0.717) is 18.0 Å². The van der Waals surface area contributed by atoms with Gasteiger partial charge >= 0.3 is 0 Å². The molecule has 0 aliphatic carbocycles. The zero-order valence-corrected chi connectivity index (χ0v) is 16.0. The lowest BCUT2D eigenvalue weighted by molar-refractivity contribution is -0.128. The minimum atomic E-state index is -0.372. The number of carbonyl (C=O) groups excluding carboxylic acids is 2. The van der Waals surface area contributed by atoms with Gasteiger partial charge in [-0.25, -0.2) is 4.68 Å². The van der Waals surface area contributed by atoms with Crippen molar-refractivity contribution >= 4 is 17.5 Å². The Hall–Kier alpha value is -3.61. The standard InChI is InChI=1S/C21H22N4O3/c1-15(26)24(2)13-16-8-7-9-17(12-16)22-21(27)20-19(28-3)14-25(23-20)18-10-5-4-6-11-18/h4-12,14H,13H2,1-3H3,(H,22,27). The molecule has 0 aliphatic heterocycles. The molecular weight excluding hydrogens is 356 g/mol. The Morgan fingerprint density at radius 2 is 1.89 bits per heavy atom. The second kappa shape index (κ2) is 8.39. The normalized spacial score (nSPS) is 10.4. The smallest absolute Gasteiger partial charge is 0.280 e. The highest BCUT2D eigenvalue weighted by molar-refractivity contribution is 6.04. The van der Waals surface area contributed by atoms with Gasteiger partial charge in [0, 0.05) is 26.2 Å². The topological polar surface area (TPSA) is 76.5 Å². The maximum atomic E-state index is 12.7. The Balaban J connectivity index is 1.80. The van der Waals surface area contributed by atoms with Gasteiger partial charge in [0.05, 0.1) is 19.0 Å². The Bertz CT molecular complexity index is 982. The first-order valence-electron chi connectivity index (χ1n) is 8.79. The fourth-order valence-corrected chi connectivity index (χ4v) is 2.70. The fraction of sp³-hybridized carbons (Fsp3) is 0.190. The molecule has 7 heteroatoms. The molecule has 0 aliphatic rings. The molecule has 0 spiro atoms. The molecule has 0 saturated carbocycles. The van der Waals surface area contributed by atoms with Crippen LogP contribution in [-0.2, 0) is 11.3 Å². The van der Waals surface area contributed by atoms with Gasteiger partial charge < -0.3 is 15.0 Å². The molecule has 3 aromatic rings. The average Bonchev–Trinajstić information content (AvgIpc) is 3.13. The largest absolute Gasteiger partial charge is 0.493 e. The molecule has 1 aromatic heterocycles. The lowest BCUT2D eigenvalue weighted by atomic mass is 10.2. The third-order valence-corrected chi connectivity index (χ3v) is 4.28. The zero-order chi connectivity index (χ0) is 20.1. The Morgan fingerprint density at radius 1 is 1.14 bits per heavy atom. The van der Waals surface area contributed by atoms with Gasteiger partial charge in [0.25, 0.3) is 5.91 Å². The highest BCUT2D eigenvalue weighted by Crippen LogP contribution is 2.21. The number of para-hydroxylation sites is 1. The molecule has 0 saturated heterocycles. The zero-order valence-electron chi connectivity index (χ0n) is 16.0. The highest BCUT2D eigenvalue weighted by atomic mass is 16.5. The van der Waals surface area contributed by atoms with Crippen LogP contribution >= 0.6 is 0 Å². The molecule has 0 atom stereocenters. The predicted molar refractivity (Wildman–Crippen MR) is 107 cm³/mol. The van der Waals surface area contributed by atoms with Gasteiger partial charge in [-0.05, 0) is 29.8 Å². The summed E-state index contributed by atoms with van der Waals surface area (Å²) in [5.74, 6) is -0.0111. The molecular formula is C21H22N4O3. The molecule has 2 aromatic carbocycles. The average molecular weight is 378 g/mol. The summed E-state index contributed by atoms with van der Waals surface area (Å²) in [6.07, 6.45) is 1.67. The first-order chi connectivity index (χ1) is 13.5. The molecule has 0 unspecified atom stereocenters. The summed E-state index contributed by atoms with van der Waals surface area (Å²) in [5, 5.41) is 7.21. The van der Waals surface area contributed by atoms with Crippen LogP contribution in [0.25, 0.3) is 5.69 Å². The number of nitrogens with zero attached hydrogens (tertiary/aromatic N) is 3. The summed E-state index contributed by atoms with van der Waals surface area (Å²) in [5.41, 5.74) is 2.56. The van der Waals surface area contributed by atoms with Gasteiger partial charge in [-0.2, -0.15) is 5.10 Å². The van der Waals surface area contributed by atoms with Gasteiger partial charge in [-0.1, -0.05) is 30.3 Å². The lowest BCUT2D eigenvalue weighted by Crippen LogP contribution is -2.23. The maximum absolute atomic E-state index is 12.7. The van der Waals surface area contributed by atoms with E-state index in [9.17, 15) is 9.59 Å². The number of hydrogen-bond acceptors (Lipinski definition) is 4. The Labute approximate surface area is 163 Å². The second-order valence-electron chi connectivity index (χ2n) is 6.36. The summed E-state index contributed by atoms with van der Waals surface area (Å²) in [4.78, 5) is 25.8. The minimum absolute atomic E-state index is 0.0226. The molecule has 0 radical (unpaired) electrons. The maximum Gasteiger partial charge on any atom is 0.280 e. The van der Waals surface area contributed by atoms with Crippen molar-refractivity contribution in [3.63, 3.8) is 0 Å². The van der Waals surface area contributed by atoms with Crippen molar-refractivity contribution in [1.29, 1.82) is 0 Å². The number of ether oxygens (including phenoxy) is 1. The van der Waals surface area contributed by atoms with E-state index < -0.39 is 0 Å². The number of carbonyl (C=O) groups is 2. The van der Waals surface area contributed by atoms with Crippen molar-refractivity contribution in [3.05, 3.63) is 72.1 Å². The monoisotopic (exact) mass is 378 g/mol. The third-order valence-electron chi connectivity index (χ3n) is 4.28. The summed E-state index contributed by atoms with van der Waals surface area (Å²) in [6, 6.07) is 16.8. The summed E-state index contributed by atoms with van der Waals surface area (Å²) >= 11 is 0. The Morgan fingerprint density at radius 3 is 2.57 bits per heavy atom. The number of nitrogens with one attached hydrogen (secondary N) is 1. The van der Waals surface area contributed by atoms with Crippen molar-refractivity contribution in [2.24, 2.45) is 0 Å². The van der Waals surface area contributed by atoms with E-state index in [2.05, 4.69) is 10.4 Å². The van der Waals surface area contributed by atoms with E-state index in [0.717, 1.165) is 11.3 Å². The van der Waals surface area contributed by atoms with Crippen molar-refractivity contribution in [2.75, 3.05) is 19.5 Å². The van der Waals surface area contributed by atoms with Gasteiger partial charge in [0.2, 0.25) is 5.91 Å². The number of anilines is 1. The van der Waals surface area contributed by atoms with Gasteiger partial charge in [-0.15, -0.1) is 0 Å². The van der Waals surface area contributed by atoms with E-state index in [-0.39, 0.29) is 17.5 Å². The van der Waals surface area contributed by atoms with E-state index in [1.54, 1.807) is 28.9 Å². The van der Waals surface area contributed by atoms with Crippen LogP contribution in [-0.4, -0.2) is 40.7 Å². The summed E-state index contributed by atoms with van der Waals surface area (Å²) < 4.78 is 6.92. The summed E-state index contributed by atoms with van der Waals surface area (Å²) in [7, 11) is 3.23. The molecule has 7 nitrogen and oxygen atoms in total. The van der Waals surface area contributed by atoms with Crippen LogP contribution in [0.1, 0.15) is 23.0 Å². The van der Waals surface area contributed by atoms with Crippen molar-refractivity contribution in [2.45, 2.75) is 13.5 Å². The van der Waals surface area contributed by atoms with Crippen LogP contribution in [0.5, 0.6) is 5.75 Å². The summed E-state index contributed by atoms with van der Waals surface area (Å²) in [6.45, 7) is 1.98. The minimum Gasteiger partial charge on any atom is -0.493 e. The van der Waals surface area contributed by atoms with Crippen LogP contribution in [0, 0.1) is 0 Å². The SMILES string of the molecule is COc1cn(-c2ccccc2)nc1C(=O)Nc1cccc(CN(C)C(C)=O)c1. The Kier molecular flexibility index (Phi) is 5.74. The highest BCUT2D eigenvalue weighted by Gasteiger charge is 2.18. The predicted octanol–water partition coefficient (Wildman–Crippen LogP) is 3.11. The van der Waals surface area contributed by atoms with Crippen LogP contribution in [0.4, 0.5) is 5.69 Å². The fourth-order valence-electron chi connectivity index (χ4n) is 2.70. The molecule has 1 N–H and O–H groups in total. The molecule has 3 rings (SSSR count). The molecule has 0 fully saturated rings. The van der Waals surface area contributed by atoms with E-state index in [1.165, 1.54) is 14.0 Å². The molecule has 0 bridgehead atoms. The molecule has 144 valence electrons. The third kappa shape index (κ3) is 4.37. The van der Waals surface area contributed by atoms with Crippen LogP contribution in [0.2, 0.25) is 0 Å². The number of rotatable bonds is 6. The molecule has 2 amide bonds. The van der Waals surface area contributed by atoms with Crippen LogP contribution < -0.4 is 10.1 Å². The quantitative estimate of drug-likeness (QED) is 0.715. The van der Waals surface area contributed by atoms with Gasteiger partial charge in [-0.3, -0.25) is 9.59 Å². The van der Waals surface area contributed by atoms with Crippen LogP contribution in [0.15, 0.2) is 60.8 Å². The number of methoxy groups -OCH3 is 1. The molecule has 28 heavy (non-hydrogen) atoms. The van der Waals surface area contributed by atoms with E-state index >= 15 is 0 Å². The van der Waals surface area contributed by atoms with Crippen molar-refractivity contribution < 1.29 is 14.3 Å². The van der Waals surface area contributed by atoms with Crippen molar-refractivity contribution in [1.82, 2.24) is 14.7 Å². The van der Waals surface area contributed by atoms with Gasteiger partial charge in [0.15, 0.2) is 11.4 Å². The molecule has 1 heterocycles. The van der Waals surface area contributed by atoms with Crippen LogP contribution in [0.3, 0.4) is 0 Å². The number of aromatic nitrogens is 2. The number of hydrogen-bond donors (Lipinski definition) is 1.